The number of fused-ring (bicyclic) bond motifs is 9. The van der Waals surface area contributed by atoms with Crippen molar-refractivity contribution in [2.24, 2.45) is 0 Å². The van der Waals surface area contributed by atoms with Gasteiger partial charge in [0.1, 0.15) is 11.2 Å². The summed E-state index contributed by atoms with van der Waals surface area (Å²) in [6, 6.07) is 66.6. The third-order valence-corrected chi connectivity index (χ3v) is 12.4. The van der Waals surface area contributed by atoms with Gasteiger partial charge in [-0.05, 0) is 54.1 Å². The molecule has 0 aliphatic rings. The van der Waals surface area contributed by atoms with E-state index in [1.165, 1.54) is 42.1 Å². The molecule has 0 radical (unpaired) electrons. The molecule has 5 heteroatoms. The van der Waals surface area contributed by atoms with Crippen molar-refractivity contribution in [3.8, 4) is 50.7 Å². The number of furan rings is 1. The van der Waals surface area contributed by atoms with Crippen LogP contribution in [0, 0.1) is 0 Å². The smallest absolute Gasteiger partial charge is 0.160 e. The Bertz CT molecular complexity index is 3470. The first-order chi connectivity index (χ1) is 28.2. The molecule has 0 aliphatic heterocycles. The van der Waals surface area contributed by atoms with E-state index in [0.29, 0.717) is 5.82 Å². The molecule has 0 atom stereocenters. The minimum Gasteiger partial charge on any atom is -0.456 e. The first-order valence-corrected chi connectivity index (χ1v) is 20.0. The molecule has 4 heterocycles. The Morgan fingerprint density at radius 2 is 1.09 bits per heavy atom. The number of aromatic nitrogens is 3. The molecule has 0 aliphatic carbocycles. The van der Waals surface area contributed by atoms with Crippen LogP contribution in [0.4, 0.5) is 0 Å². The SMILES string of the molecule is c1ccc(-c2cc(-c3ccc4c5ccccc5n(-c5cc(-c6cccc7oc8ccccc8c67)c6sc7ccccc7c6c5)c4c3)nc(-c3ccccc3)n2)cc1. The Morgan fingerprint density at radius 3 is 1.93 bits per heavy atom. The lowest BCUT2D eigenvalue weighted by atomic mass is 9.97. The van der Waals surface area contributed by atoms with E-state index in [2.05, 4.69) is 162 Å². The summed E-state index contributed by atoms with van der Waals surface area (Å²) in [6.07, 6.45) is 0. The second-order valence-electron chi connectivity index (χ2n) is 14.5. The Kier molecular flexibility index (Phi) is 7.06. The molecule has 4 aromatic heterocycles. The number of rotatable bonds is 5. The number of para-hydroxylation sites is 2. The van der Waals surface area contributed by atoms with Crippen LogP contribution in [-0.4, -0.2) is 14.5 Å². The Balaban J connectivity index is 1.14. The lowest BCUT2D eigenvalue weighted by Gasteiger charge is -2.14. The van der Waals surface area contributed by atoms with Crippen LogP contribution in [0.15, 0.2) is 192 Å². The van der Waals surface area contributed by atoms with E-state index in [-0.39, 0.29) is 0 Å². The molecule has 8 aromatic carbocycles. The number of thiophene rings is 1. The maximum atomic E-state index is 6.42. The molecule has 0 spiro atoms. The number of hydrogen-bond donors (Lipinski definition) is 0. The fourth-order valence-corrected chi connectivity index (χ4v) is 9.83. The van der Waals surface area contributed by atoms with Crippen molar-refractivity contribution in [2.45, 2.75) is 0 Å². The first-order valence-electron chi connectivity index (χ1n) is 19.1. The van der Waals surface area contributed by atoms with Gasteiger partial charge < -0.3 is 8.98 Å². The summed E-state index contributed by atoms with van der Waals surface area (Å²) in [6.45, 7) is 0. The first kappa shape index (κ1) is 32.0. The van der Waals surface area contributed by atoms with Gasteiger partial charge in [0.05, 0.1) is 22.4 Å². The third-order valence-electron chi connectivity index (χ3n) is 11.2. The van der Waals surface area contributed by atoms with Crippen molar-refractivity contribution >= 4 is 75.3 Å². The molecular formula is C52H31N3OS. The molecule has 0 N–H and O–H groups in total. The van der Waals surface area contributed by atoms with Crippen molar-refractivity contribution < 1.29 is 4.42 Å². The van der Waals surface area contributed by atoms with Crippen LogP contribution >= 0.6 is 11.3 Å². The maximum Gasteiger partial charge on any atom is 0.160 e. The topological polar surface area (TPSA) is 43.9 Å². The molecule has 4 nitrogen and oxygen atoms in total. The van der Waals surface area contributed by atoms with Gasteiger partial charge in [0.2, 0.25) is 0 Å². The molecule has 0 saturated carbocycles. The highest BCUT2D eigenvalue weighted by Gasteiger charge is 2.21. The Morgan fingerprint density at radius 1 is 0.421 bits per heavy atom. The van der Waals surface area contributed by atoms with Gasteiger partial charge in [-0.15, -0.1) is 11.3 Å². The van der Waals surface area contributed by atoms with Crippen molar-refractivity contribution in [2.75, 3.05) is 0 Å². The van der Waals surface area contributed by atoms with Crippen molar-refractivity contribution in [3.05, 3.63) is 188 Å². The predicted octanol–water partition coefficient (Wildman–Crippen LogP) is 14.5. The van der Waals surface area contributed by atoms with Crippen LogP contribution in [-0.2, 0) is 0 Å². The average molecular weight is 746 g/mol. The Labute approximate surface area is 331 Å². The average Bonchev–Trinajstić information content (AvgIpc) is 3.96. The highest BCUT2D eigenvalue weighted by atomic mass is 32.1. The number of nitrogens with zero attached hydrogens (tertiary/aromatic N) is 3. The van der Waals surface area contributed by atoms with Crippen LogP contribution in [0.25, 0.3) is 115 Å². The summed E-state index contributed by atoms with van der Waals surface area (Å²) >= 11 is 1.86. The molecule has 12 rings (SSSR count). The van der Waals surface area contributed by atoms with E-state index in [1.807, 2.05) is 41.7 Å². The summed E-state index contributed by atoms with van der Waals surface area (Å²) < 4.78 is 11.4. The van der Waals surface area contributed by atoms with E-state index in [0.717, 1.165) is 66.7 Å². The monoisotopic (exact) mass is 745 g/mol. The van der Waals surface area contributed by atoms with E-state index in [4.69, 9.17) is 14.4 Å². The van der Waals surface area contributed by atoms with E-state index >= 15 is 0 Å². The molecule has 57 heavy (non-hydrogen) atoms. The largest absolute Gasteiger partial charge is 0.456 e. The molecule has 0 saturated heterocycles. The maximum absolute atomic E-state index is 6.42. The fourth-order valence-electron chi connectivity index (χ4n) is 8.62. The van der Waals surface area contributed by atoms with Gasteiger partial charge in [-0.2, -0.15) is 0 Å². The van der Waals surface area contributed by atoms with Gasteiger partial charge in [-0.25, -0.2) is 9.97 Å². The van der Waals surface area contributed by atoms with Crippen LogP contribution in [0.1, 0.15) is 0 Å². The minimum atomic E-state index is 0.702. The highest BCUT2D eigenvalue weighted by Crippen LogP contribution is 2.46. The van der Waals surface area contributed by atoms with Crippen LogP contribution < -0.4 is 0 Å². The van der Waals surface area contributed by atoms with Crippen molar-refractivity contribution in [3.63, 3.8) is 0 Å². The molecular weight excluding hydrogens is 715 g/mol. The molecule has 12 aromatic rings. The van der Waals surface area contributed by atoms with Gasteiger partial charge >= 0.3 is 0 Å². The standard InChI is InChI=1S/C52H31N3OS/c1-3-14-32(15-4-1)43-31-44(54-52(53-43)33-16-5-2-6-17-33)34-26-27-37-36-18-7-10-22-45(36)55(46(37)28-34)35-29-41-38-19-9-12-25-49(38)57-51(41)42(30-35)39-21-13-24-48-50(39)40-20-8-11-23-47(40)56-48/h1-31H. The fraction of sp³-hybridized carbons (Fsp3) is 0. The zero-order valence-electron chi connectivity index (χ0n) is 30.6. The quantitative estimate of drug-likeness (QED) is 0.176. The van der Waals surface area contributed by atoms with Crippen LogP contribution in [0.3, 0.4) is 0 Å². The van der Waals surface area contributed by atoms with Gasteiger partial charge in [-0.1, -0.05) is 140 Å². The van der Waals surface area contributed by atoms with E-state index < -0.39 is 0 Å². The van der Waals surface area contributed by atoms with E-state index in [9.17, 15) is 0 Å². The van der Waals surface area contributed by atoms with Crippen LogP contribution in [0.2, 0.25) is 0 Å². The van der Waals surface area contributed by atoms with Crippen LogP contribution in [0.5, 0.6) is 0 Å². The van der Waals surface area contributed by atoms with Gasteiger partial charge in [0, 0.05) is 69.7 Å². The third kappa shape index (κ3) is 5.06. The molecule has 0 fully saturated rings. The number of hydrogen-bond acceptors (Lipinski definition) is 4. The lowest BCUT2D eigenvalue weighted by molar-refractivity contribution is 0.669. The Hall–Kier alpha value is -7.34. The van der Waals surface area contributed by atoms with Gasteiger partial charge in [0.25, 0.3) is 0 Å². The zero-order valence-corrected chi connectivity index (χ0v) is 31.4. The second kappa shape index (κ2) is 12.6. The minimum absolute atomic E-state index is 0.702. The molecule has 0 amide bonds. The molecule has 0 unspecified atom stereocenters. The summed E-state index contributed by atoms with van der Waals surface area (Å²) in [7, 11) is 0. The summed E-state index contributed by atoms with van der Waals surface area (Å²) in [5.41, 5.74) is 12.4. The molecule has 0 bridgehead atoms. The van der Waals surface area contributed by atoms with E-state index in [1.54, 1.807) is 0 Å². The predicted molar refractivity (Wildman–Crippen MR) is 238 cm³/mol. The highest BCUT2D eigenvalue weighted by molar-refractivity contribution is 7.26. The second-order valence-corrected chi connectivity index (χ2v) is 15.6. The van der Waals surface area contributed by atoms with Crippen molar-refractivity contribution in [1.29, 1.82) is 0 Å². The normalized spacial score (nSPS) is 11.9. The lowest BCUT2D eigenvalue weighted by Crippen LogP contribution is -1.97. The summed E-state index contributed by atoms with van der Waals surface area (Å²) in [5.74, 6) is 0.702. The van der Waals surface area contributed by atoms with Crippen molar-refractivity contribution in [1.82, 2.24) is 14.5 Å². The summed E-state index contributed by atoms with van der Waals surface area (Å²) in [4.78, 5) is 10.3. The van der Waals surface area contributed by atoms with Gasteiger partial charge in [0.15, 0.2) is 5.82 Å². The molecule has 266 valence electrons. The number of benzene rings is 8. The van der Waals surface area contributed by atoms with Gasteiger partial charge in [-0.3, -0.25) is 0 Å². The zero-order chi connectivity index (χ0) is 37.5. The summed E-state index contributed by atoms with van der Waals surface area (Å²) in [5, 5.41) is 7.16.